The molecule has 1 aromatic heterocycles. The van der Waals surface area contributed by atoms with Crippen molar-refractivity contribution in [3.05, 3.63) is 76.2 Å². The minimum absolute atomic E-state index is 0.0400. The highest BCUT2D eigenvalue weighted by atomic mass is 35.5. The maximum absolute atomic E-state index is 14.3. The molecule has 230 valence electrons. The van der Waals surface area contributed by atoms with E-state index in [2.05, 4.69) is 4.98 Å². The molecule has 0 aliphatic carbocycles. The molecule has 0 bridgehead atoms. The number of halogens is 5. The van der Waals surface area contributed by atoms with Crippen LogP contribution in [-0.2, 0) is 21.0 Å². The number of anilines is 1. The number of ether oxygens (including phenoxy) is 2. The summed E-state index contributed by atoms with van der Waals surface area (Å²) in [4.78, 5) is 13.7. The van der Waals surface area contributed by atoms with Crippen LogP contribution in [0.25, 0.3) is 12.2 Å². The quantitative estimate of drug-likeness (QED) is 0.203. The average molecular weight is 645 g/mol. The molecule has 4 rings (SSSR count). The number of rotatable bonds is 11. The van der Waals surface area contributed by atoms with Crippen LogP contribution >= 0.6 is 11.6 Å². The van der Waals surface area contributed by atoms with Crippen LogP contribution in [0.3, 0.4) is 0 Å². The van der Waals surface area contributed by atoms with Gasteiger partial charge in [0.25, 0.3) is 10.0 Å². The zero-order chi connectivity index (χ0) is 31.4. The predicted molar refractivity (Wildman–Crippen MR) is 149 cm³/mol. The SMILES string of the molecule is O=C(O)CCCC1CN(S(=O)(=O)c2cc(C(F)(F)F)cnc2OCCO)c2cc(C=Cc3c(F)cccc3Cl)ccc2O1. The van der Waals surface area contributed by atoms with Crippen molar-refractivity contribution in [2.24, 2.45) is 0 Å². The molecular formula is C28H25ClF4N2O7S. The number of carboxylic acids is 1. The normalized spacial score (nSPS) is 15.3. The van der Waals surface area contributed by atoms with Gasteiger partial charge in [0.05, 0.1) is 29.4 Å². The first-order valence-electron chi connectivity index (χ1n) is 12.8. The summed E-state index contributed by atoms with van der Waals surface area (Å²) in [6.07, 6.45) is -2.45. The summed E-state index contributed by atoms with van der Waals surface area (Å²) in [6.45, 7) is -1.38. The Morgan fingerprint density at radius 1 is 1.21 bits per heavy atom. The first-order valence-corrected chi connectivity index (χ1v) is 14.6. The molecule has 1 aliphatic rings. The lowest BCUT2D eigenvalue weighted by molar-refractivity contribution is -0.138. The average Bonchev–Trinajstić information content (AvgIpc) is 2.94. The van der Waals surface area contributed by atoms with Gasteiger partial charge in [-0.05, 0) is 54.8 Å². The highest BCUT2D eigenvalue weighted by molar-refractivity contribution is 7.93. The van der Waals surface area contributed by atoms with Crippen molar-refractivity contribution in [2.75, 3.05) is 24.1 Å². The topological polar surface area (TPSA) is 126 Å². The van der Waals surface area contributed by atoms with Crippen molar-refractivity contribution in [3.8, 4) is 11.6 Å². The van der Waals surface area contributed by atoms with Gasteiger partial charge in [-0.15, -0.1) is 0 Å². The van der Waals surface area contributed by atoms with Gasteiger partial charge in [0.1, 0.15) is 24.3 Å². The van der Waals surface area contributed by atoms with Crippen molar-refractivity contribution in [2.45, 2.75) is 36.4 Å². The largest absolute Gasteiger partial charge is 0.486 e. The second-order valence-electron chi connectivity index (χ2n) is 9.35. The molecule has 2 N–H and O–H groups in total. The number of carbonyl (C=O) groups is 1. The Morgan fingerprint density at radius 3 is 2.65 bits per heavy atom. The van der Waals surface area contributed by atoms with Crippen LogP contribution in [0.2, 0.25) is 5.02 Å². The number of aliphatic hydroxyl groups is 1. The lowest BCUT2D eigenvalue weighted by Crippen LogP contribution is -2.43. The fourth-order valence-corrected chi connectivity index (χ4v) is 6.12. The lowest BCUT2D eigenvalue weighted by Gasteiger charge is -2.36. The van der Waals surface area contributed by atoms with Crippen LogP contribution in [0.5, 0.6) is 11.6 Å². The van der Waals surface area contributed by atoms with Crippen LogP contribution in [0.1, 0.15) is 36.0 Å². The summed E-state index contributed by atoms with van der Waals surface area (Å²) in [5, 5.41) is 18.3. The Labute approximate surface area is 249 Å². The van der Waals surface area contributed by atoms with Gasteiger partial charge in [-0.3, -0.25) is 9.10 Å². The third kappa shape index (κ3) is 7.56. The molecule has 1 aliphatic heterocycles. The van der Waals surface area contributed by atoms with E-state index in [0.29, 0.717) is 17.8 Å². The van der Waals surface area contributed by atoms with Crippen molar-refractivity contribution in [3.63, 3.8) is 0 Å². The van der Waals surface area contributed by atoms with E-state index in [1.807, 2.05) is 0 Å². The highest BCUT2D eigenvalue weighted by Crippen LogP contribution is 2.41. The number of sulfonamides is 1. The molecule has 43 heavy (non-hydrogen) atoms. The number of aliphatic carboxylic acids is 1. The van der Waals surface area contributed by atoms with Gasteiger partial charge in [-0.2, -0.15) is 13.2 Å². The summed E-state index contributed by atoms with van der Waals surface area (Å²) < 4.78 is 95.1. The number of nitrogens with zero attached hydrogens (tertiary/aromatic N) is 2. The van der Waals surface area contributed by atoms with Gasteiger partial charge < -0.3 is 19.7 Å². The first-order chi connectivity index (χ1) is 20.3. The summed E-state index contributed by atoms with van der Waals surface area (Å²) in [5.41, 5.74) is -0.916. The van der Waals surface area contributed by atoms with Crippen molar-refractivity contribution < 1.29 is 50.5 Å². The van der Waals surface area contributed by atoms with Crippen molar-refractivity contribution in [1.82, 2.24) is 4.98 Å². The molecular weight excluding hydrogens is 620 g/mol. The number of hydrogen-bond donors (Lipinski definition) is 2. The van der Waals surface area contributed by atoms with E-state index in [0.717, 1.165) is 4.31 Å². The zero-order valence-corrected chi connectivity index (χ0v) is 23.8. The summed E-state index contributed by atoms with van der Waals surface area (Å²) >= 11 is 6.09. The molecule has 2 aromatic carbocycles. The molecule has 1 atom stereocenters. The van der Waals surface area contributed by atoms with E-state index in [4.69, 9.17) is 31.3 Å². The van der Waals surface area contributed by atoms with Gasteiger partial charge in [0.15, 0.2) is 4.90 Å². The van der Waals surface area contributed by atoms with Crippen LogP contribution in [-0.4, -0.2) is 55.4 Å². The molecule has 0 saturated heterocycles. The van der Waals surface area contributed by atoms with Crippen LogP contribution < -0.4 is 13.8 Å². The highest BCUT2D eigenvalue weighted by Gasteiger charge is 2.39. The maximum Gasteiger partial charge on any atom is 0.417 e. The van der Waals surface area contributed by atoms with Gasteiger partial charge in [-0.25, -0.2) is 17.8 Å². The molecule has 0 radical (unpaired) electrons. The van der Waals surface area contributed by atoms with Gasteiger partial charge in [0, 0.05) is 18.2 Å². The number of fused-ring (bicyclic) bond motifs is 1. The van der Waals surface area contributed by atoms with Gasteiger partial charge in [0.2, 0.25) is 5.88 Å². The Kier molecular flexibility index (Phi) is 9.82. The molecule has 15 heteroatoms. The van der Waals surface area contributed by atoms with E-state index in [-0.39, 0.29) is 47.8 Å². The third-order valence-electron chi connectivity index (χ3n) is 6.32. The molecule has 0 fully saturated rings. The summed E-state index contributed by atoms with van der Waals surface area (Å²) in [7, 11) is -4.83. The van der Waals surface area contributed by atoms with E-state index in [9.17, 15) is 30.8 Å². The van der Waals surface area contributed by atoms with Crippen LogP contribution in [0.15, 0.2) is 53.6 Å². The van der Waals surface area contributed by atoms with Gasteiger partial charge in [-0.1, -0.05) is 29.8 Å². The molecule has 1 unspecified atom stereocenters. The molecule has 0 spiro atoms. The Morgan fingerprint density at radius 2 is 1.98 bits per heavy atom. The number of pyridine rings is 1. The minimum Gasteiger partial charge on any atom is -0.486 e. The summed E-state index contributed by atoms with van der Waals surface area (Å²) in [5.74, 6) is -2.24. The van der Waals surface area contributed by atoms with Gasteiger partial charge >= 0.3 is 12.1 Å². The lowest BCUT2D eigenvalue weighted by atomic mass is 10.1. The Bertz CT molecular complexity index is 1610. The van der Waals surface area contributed by atoms with E-state index >= 15 is 0 Å². The number of benzene rings is 2. The number of alkyl halides is 3. The van der Waals surface area contributed by atoms with E-state index in [1.54, 1.807) is 6.07 Å². The predicted octanol–water partition coefficient (Wildman–Crippen LogP) is 5.65. The van der Waals surface area contributed by atoms with Crippen LogP contribution in [0.4, 0.5) is 23.2 Å². The second-order valence-corrected chi connectivity index (χ2v) is 11.6. The monoisotopic (exact) mass is 644 g/mol. The number of aromatic nitrogens is 1. The Hall–Kier alpha value is -3.88. The minimum atomic E-state index is -4.93. The zero-order valence-electron chi connectivity index (χ0n) is 22.2. The number of hydrogen-bond acceptors (Lipinski definition) is 7. The fraction of sp³-hybridized carbons (Fsp3) is 0.286. The second kappa shape index (κ2) is 13.2. The van der Waals surface area contributed by atoms with E-state index < -0.39 is 63.6 Å². The van der Waals surface area contributed by atoms with Crippen molar-refractivity contribution in [1.29, 1.82) is 0 Å². The number of aliphatic hydroxyl groups excluding tert-OH is 1. The molecule has 2 heterocycles. The van der Waals surface area contributed by atoms with Crippen LogP contribution in [0, 0.1) is 5.82 Å². The molecule has 9 nitrogen and oxygen atoms in total. The molecule has 0 amide bonds. The number of carboxylic acid groups (broad SMARTS) is 1. The first kappa shape index (κ1) is 32.0. The third-order valence-corrected chi connectivity index (χ3v) is 8.42. The fourth-order valence-electron chi connectivity index (χ4n) is 4.28. The van der Waals surface area contributed by atoms with E-state index in [1.165, 1.54) is 42.5 Å². The summed E-state index contributed by atoms with van der Waals surface area (Å²) in [6, 6.07) is 8.91. The van der Waals surface area contributed by atoms with Crippen molar-refractivity contribution >= 4 is 45.4 Å². The maximum atomic E-state index is 14.3. The molecule has 3 aromatic rings. The Balaban J connectivity index is 1.81. The standard InChI is InChI=1S/C28H25ClF4N2O7S/c29-21-4-2-5-22(30)20(21)9-7-17-8-10-24-23(13-17)35(16-19(42-24)3-1-6-26(37)38)43(39,40)25-14-18(28(31,32)33)15-34-27(25)41-12-11-36/h2,4-5,7-10,13-15,19,36H,1,3,6,11-12,16H2,(H,37,38). The smallest absolute Gasteiger partial charge is 0.417 e. The molecule has 0 saturated carbocycles.